The molecule has 1 aromatic heterocycles. The molecule has 1 N–H and O–H groups in total. The first-order chi connectivity index (χ1) is 10.0. The van der Waals surface area contributed by atoms with E-state index in [0.717, 1.165) is 21.5 Å². The second-order valence-electron chi connectivity index (χ2n) is 4.65. The highest BCUT2D eigenvalue weighted by molar-refractivity contribution is 9.10. The molecule has 0 saturated heterocycles. The highest BCUT2D eigenvalue weighted by Gasteiger charge is 2.12. The molecule has 0 aliphatic carbocycles. The monoisotopic (exact) mass is 369 g/mol. The third-order valence-electron chi connectivity index (χ3n) is 3.14. The lowest BCUT2D eigenvalue weighted by atomic mass is 10.2. The summed E-state index contributed by atoms with van der Waals surface area (Å²) in [6.45, 7) is 4.81. The zero-order valence-electron chi connectivity index (χ0n) is 11.8. The molecule has 112 valence electrons. The Balaban J connectivity index is 2.00. The number of nitrogens with one attached hydrogen (secondary N) is 1. The molecule has 0 aliphatic heterocycles. The van der Waals surface area contributed by atoms with Crippen LogP contribution in [0.3, 0.4) is 0 Å². The fourth-order valence-corrected chi connectivity index (χ4v) is 3.22. The molecule has 1 unspecified atom stereocenters. The lowest BCUT2D eigenvalue weighted by Crippen LogP contribution is -2.18. The van der Waals surface area contributed by atoms with Crippen molar-refractivity contribution in [3.8, 4) is 0 Å². The average Bonchev–Trinajstić information content (AvgIpc) is 2.94. The first kappa shape index (κ1) is 16.1. The lowest BCUT2D eigenvalue weighted by Gasteiger charge is -2.12. The van der Waals surface area contributed by atoms with E-state index in [9.17, 15) is 10.1 Å². The van der Waals surface area contributed by atoms with Crippen molar-refractivity contribution >= 4 is 33.0 Å². The molecule has 2 rings (SSSR count). The molecular weight excluding hydrogens is 354 g/mol. The number of rotatable bonds is 6. The Morgan fingerprint density at radius 1 is 1.52 bits per heavy atom. The Hall–Kier alpha value is -1.31. The van der Waals surface area contributed by atoms with Crippen molar-refractivity contribution in [1.82, 2.24) is 10.3 Å². The first-order valence-electron chi connectivity index (χ1n) is 6.62. The maximum Gasteiger partial charge on any atom is 0.270 e. The molecule has 1 aromatic carbocycles. The van der Waals surface area contributed by atoms with Gasteiger partial charge in [0.25, 0.3) is 5.69 Å². The van der Waals surface area contributed by atoms with E-state index in [0.29, 0.717) is 6.54 Å². The maximum absolute atomic E-state index is 10.7. The minimum absolute atomic E-state index is 0.0891. The Bertz CT molecular complexity index is 645. The van der Waals surface area contributed by atoms with Gasteiger partial charge < -0.3 is 5.32 Å². The van der Waals surface area contributed by atoms with Crippen LogP contribution in [0.15, 0.2) is 28.9 Å². The van der Waals surface area contributed by atoms with Crippen molar-refractivity contribution in [2.24, 2.45) is 0 Å². The van der Waals surface area contributed by atoms with Crippen molar-refractivity contribution in [1.29, 1.82) is 0 Å². The number of benzene rings is 1. The fourth-order valence-electron chi connectivity index (χ4n) is 1.83. The summed E-state index contributed by atoms with van der Waals surface area (Å²) in [5, 5.41) is 15.2. The molecule has 0 fully saturated rings. The van der Waals surface area contributed by atoms with E-state index in [-0.39, 0.29) is 11.7 Å². The van der Waals surface area contributed by atoms with Crippen LogP contribution in [0.2, 0.25) is 0 Å². The summed E-state index contributed by atoms with van der Waals surface area (Å²) in [6, 6.07) is 4.96. The van der Waals surface area contributed by atoms with Crippen molar-refractivity contribution in [3.63, 3.8) is 0 Å². The lowest BCUT2D eigenvalue weighted by molar-refractivity contribution is -0.384. The Labute approximate surface area is 135 Å². The minimum Gasteiger partial charge on any atom is -0.304 e. The van der Waals surface area contributed by atoms with E-state index in [2.05, 4.69) is 40.1 Å². The van der Waals surface area contributed by atoms with E-state index >= 15 is 0 Å². The van der Waals surface area contributed by atoms with Gasteiger partial charge in [-0.05, 0) is 25.0 Å². The van der Waals surface area contributed by atoms with Crippen molar-refractivity contribution in [3.05, 3.63) is 54.4 Å². The van der Waals surface area contributed by atoms with Gasteiger partial charge in [0.2, 0.25) is 0 Å². The smallest absolute Gasteiger partial charge is 0.270 e. The van der Waals surface area contributed by atoms with E-state index in [1.807, 2.05) is 6.20 Å². The topological polar surface area (TPSA) is 68.1 Å². The highest BCUT2D eigenvalue weighted by atomic mass is 79.9. The molecule has 0 spiro atoms. The van der Waals surface area contributed by atoms with Gasteiger partial charge in [-0.15, -0.1) is 11.3 Å². The quantitative estimate of drug-likeness (QED) is 0.611. The number of aryl methyl sites for hydroxylation is 1. The molecule has 1 atom stereocenters. The largest absolute Gasteiger partial charge is 0.304 e. The van der Waals surface area contributed by atoms with Crippen LogP contribution in [0.5, 0.6) is 0 Å². The van der Waals surface area contributed by atoms with Crippen LogP contribution in [0.1, 0.15) is 35.3 Å². The summed E-state index contributed by atoms with van der Waals surface area (Å²) in [5.41, 5.74) is 1.07. The van der Waals surface area contributed by atoms with Crippen LogP contribution in [0, 0.1) is 10.1 Å². The zero-order chi connectivity index (χ0) is 15.4. The molecule has 0 bridgehead atoms. The molecule has 0 aliphatic rings. The van der Waals surface area contributed by atoms with Crippen molar-refractivity contribution < 1.29 is 4.92 Å². The van der Waals surface area contributed by atoms with E-state index in [4.69, 9.17) is 0 Å². The summed E-state index contributed by atoms with van der Waals surface area (Å²) in [4.78, 5) is 16.0. The summed E-state index contributed by atoms with van der Waals surface area (Å²) < 4.78 is 0.741. The van der Waals surface area contributed by atoms with Crippen LogP contribution in [0.25, 0.3) is 0 Å². The van der Waals surface area contributed by atoms with Crippen molar-refractivity contribution in [2.45, 2.75) is 32.9 Å². The fraction of sp³-hybridized carbons (Fsp3) is 0.357. The molecular formula is C14H16BrN3O2S. The van der Waals surface area contributed by atoms with Crippen LogP contribution in [-0.2, 0) is 13.0 Å². The van der Waals surface area contributed by atoms with Gasteiger partial charge in [-0.1, -0.05) is 22.9 Å². The number of hydrogen-bond donors (Lipinski definition) is 1. The summed E-state index contributed by atoms with van der Waals surface area (Å²) in [6.07, 6.45) is 2.91. The minimum atomic E-state index is -0.396. The number of aromatic nitrogens is 1. The first-order valence-corrected chi connectivity index (χ1v) is 8.23. The Morgan fingerprint density at radius 2 is 2.29 bits per heavy atom. The standard InChI is InChI=1S/C14H16BrN3O2S/c1-3-12-8-17-14(21-12)9(2)16-7-10-4-5-11(18(19)20)6-13(10)15/h4-6,8-9,16H,3,7H2,1-2H3. The van der Waals surface area contributed by atoms with Gasteiger partial charge in [-0.3, -0.25) is 10.1 Å². The van der Waals surface area contributed by atoms with Gasteiger partial charge in [0.1, 0.15) is 5.01 Å². The highest BCUT2D eigenvalue weighted by Crippen LogP contribution is 2.25. The number of nitro benzene ring substituents is 1. The summed E-state index contributed by atoms with van der Waals surface area (Å²) in [5.74, 6) is 0. The number of non-ortho nitro benzene ring substituents is 1. The predicted molar refractivity (Wildman–Crippen MR) is 87.5 cm³/mol. The van der Waals surface area contributed by atoms with Gasteiger partial charge in [0, 0.05) is 34.2 Å². The number of nitrogens with zero attached hydrogens (tertiary/aromatic N) is 2. The predicted octanol–water partition coefficient (Wildman–Crippen LogP) is 4.23. The Morgan fingerprint density at radius 3 is 2.86 bits per heavy atom. The number of nitro groups is 1. The van der Waals surface area contributed by atoms with Gasteiger partial charge in [-0.25, -0.2) is 4.98 Å². The molecule has 21 heavy (non-hydrogen) atoms. The number of hydrogen-bond acceptors (Lipinski definition) is 5. The zero-order valence-corrected chi connectivity index (χ0v) is 14.2. The average molecular weight is 370 g/mol. The number of thiazole rings is 1. The van der Waals surface area contributed by atoms with Gasteiger partial charge in [-0.2, -0.15) is 0 Å². The molecule has 2 aromatic rings. The second kappa shape index (κ2) is 7.11. The van der Waals surface area contributed by atoms with Gasteiger partial charge in [0.15, 0.2) is 0 Å². The van der Waals surface area contributed by atoms with Crippen molar-refractivity contribution in [2.75, 3.05) is 0 Å². The summed E-state index contributed by atoms with van der Waals surface area (Å²) in [7, 11) is 0. The third kappa shape index (κ3) is 4.09. The normalized spacial score (nSPS) is 12.3. The summed E-state index contributed by atoms with van der Waals surface area (Å²) >= 11 is 5.09. The molecule has 0 saturated carbocycles. The van der Waals surface area contributed by atoms with Crippen LogP contribution < -0.4 is 5.32 Å². The van der Waals surface area contributed by atoms with E-state index in [1.54, 1.807) is 17.4 Å². The molecule has 1 heterocycles. The maximum atomic E-state index is 10.7. The third-order valence-corrected chi connectivity index (χ3v) is 5.20. The van der Waals surface area contributed by atoms with E-state index < -0.39 is 4.92 Å². The molecule has 5 nitrogen and oxygen atoms in total. The second-order valence-corrected chi connectivity index (χ2v) is 6.65. The van der Waals surface area contributed by atoms with Gasteiger partial charge >= 0.3 is 0 Å². The van der Waals surface area contributed by atoms with E-state index in [1.165, 1.54) is 17.0 Å². The molecule has 0 amide bonds. The van der Waals surface area contributed by atoms with Gasteiger partial charge in [0.05, 0.1) is 11.0 Å². The van der Waals surface area contributed by atoms with Crippen LogP contribution >= 0.6 is 27.3 Å². The number of halogens is 1. The molecule has 7 heteroatoms. The van der Waals surface area contributed by atoms with Crippen LogP contribution in [-0.4, -0.2) is 9.91 Å². The molecule has 0 radical (unpaired) electrons. The Kier molecular flexibility index (Phi) is 5.44. The SMILES string of the molecule is CCc1cnc(C(C)NCc2ccc([N+](=O)[O-])cc2Br)s1. The van der Waals surface area contributed by atoms with Crippen LogP contribution in [0.4, 0.5) is 5.69 Å².